The normalized spacial score (nSPS) is 13.0. The SMILES string of the molecule is O=C=C1Oc2ccccc2C=C1c1nc2cc(C(=O)Cl)ccc2o1. The number of ether oxygens (including phenoxy) is 1. The number of hydrogen-bond donors (Lipinski definition) is 0. The first kappa shape index (κ1) is 14.5. The lowest BCUT2D eigenvalue weighted by molar-refractivity contribution is 0.108. The number of para-hydroxylation sites is 1. The smallest absolute Gasteiger partial charge is 0.252 e. The molecule has 0 N–H and O–H groups in total. The molecule has 0 fully saturated rings. The molecule has 0 aliphatic carbocycles. The van der Waals surface area contributed by atoms with Crippen molar-refractivity contribution in [2.24, 2.45) is 0 Å². The Labute approximate surface area is 140 Å². The van der Waals surface area contributed by atoms with Crippen molar-refractivity contribution < 1.29 is 18.7 Å². The summed E-state index contributed by atoms with van der Waals surface area (Å²) in [5, 5.41) is -0.580. The average molecular weight is 338 g/mol. The zero-order chi connectivity index (χ0) is 16.7. The Morgan fingerprint density at radius 3 is 2.79 bits per heavy atom. The molecule has 0 unspecified atom stereocenters. The Balaban J connectivity index is 1.88. The number of rotatable bonds is 2. The van der Waals surface area contributed by atoms with Gasteiger partial charge in [0.2, 0.25) is 11.6 Å². The van der Waals surface area contributed by atoms with Crippen LogP contribution in [0.4, 0.5) is 0 Å². The lowest BCUT2D eigenvalue weighted by atomic mass is 10.1. The summed E-state index contributed by atoms with van der Waals surface area (Å²) in [4.78, 5) is 26.8. The zero-order valence-electron chi connectivity index (χ0n) is 12.1. The Morgan fingerprint density at radius 1 is 1.17 bits per heavy atom. The molecule has 4 rings (SSSR count). The first-order valence-corrected chi connectivity index (χ1v) is 7.38. The Morgan fingerprint density at radius 2 is 2.00 bits per heavy atom. The standard InChI is InChI=1S/C18H8ClNO4/c19-17(22)11-5-6-15-13(8-11)20-18(24-15)12-7-10-3-1-2-4-14(10)23-16(12)9-21/h1-8H. The van der Waals surface area contributed by atoms with E-state index in [-0.39, 0.29) is 11.6 Å². The van der Waals surface area contributed by atoms with Gasteiger partial charge in [-0.25, -0.2) is 9.78 Å². The van der Waals surface area contributed by atoms with Crippen LogP contribution in [0, 0.1) is 0 Å². The monoisotopic (exact) mass is 337 g/mol. The van der Waals surface area contributed by atoms with E-state index in [1.54, 1.807) is 30.2 Å². The van der Waals surface area contributed by atoms with Crippen molar-refractivity contribution in [3.8, 4) is 5.75 Å². The third kappa shape index (κ3) is 2.33. The summed E-state index contributed by atoms with van der Waals surface area (Å²) in [5.74, 6) is 2.53. The highest BCUT2D eigenvalue weighted by molar-refractivity contribution is 6.67. The van der Waals surface area contributed by atoms with Crippen LogP contribution in [0.3, 0.4) is 0 Å². The van der Waals surface area contributed by atoms with Gasteiger partial charge in [-0.1, -0.05) is 18.2 Å². The summed E-state index contributed by atoms with van der Waals surface area (Å²) >= 11 is 5.48. The van der Waals surface area contributed by atoms with E-state index in [9.17, 15) is 9.59 Å². The van der Waals surface area contributed by atoms with Gasteiger partial charge in [0.25, 0.3) is 5.24 Å². The second kappa shape index (κ2) is 5.49. The van der Waals surface area contributed by atoms with Crippen LogP contribution in [0.5, 0.6) is 5.75 Å². The predicted octanol–water partition coefficient (Wildman–Crippen LogP) is 3.86. The highest BCUT2D eigenvalue weighted by Gasteiger charge is 2.23. The fourth-order valence-corrected chi connectivity index (χ4v) is 2.60. The van der Waals surface area contributed by atoms with Gasteiger partial charge in [-0.3, -0.25) is 4.79 Å². The summed E-state index contributed by atoms with van der Waals surface area (Å²) < 4.78 is 11.2. The molecule has 1 aromatic heterocycles. The summed E-state index contributed by atoms with van der Waals surface area (Å²) in [6.07, 6.45) is 1.75. The van der Waals surface area contributed by atoms with E-state index in [1.807, 2.05) is 18.2 Å². The number of oxazole rings is 1. The van der Waals surface area contributed by atoms with Crippen molar-refractivity contribution >= 4 is 45.5 Å². The van der Waals surface area contributed by atoms with Crippen LogP contribution in [0.15, 0.2) is 52.6 Å². The number of fused-ring (bicyclic) bond motifs is 2. The van der Waals surface area contributed by atoms with E-state index >= 15 is 0 Å². The van der Waals surface area contributed by atoms with Crippen LogP contribution in [0.2, 0.25) is 0 Å². The van der Waals surface area contributed by atoms with Crippen molar-refractivity contribution in [3.05, 3.63) is 65.2 Å². The van der Waals surface area contributed by atoms with E-state index < -0.39 is 5.24 Å². The lowest BCUT2D eigenvalue weighted by Crippen LogP contribution is -2.05. The number of benzene rings is 2. The van der Waals surface area contributed by atoms with Crippen LogP contribution >= 0.6 is 11.6 Å². The number of allylic oxidation sites excluding steroid dienone is 1. The maximum absolute atomic E-state index is 11.3. The molecule has 0 amide bonds. The van der Waals surface area contributed by atoms with Gasteiger partial charge in [0.15, 0.2) is 11.5 Å². The molecule has 1 aliphatic rings. The van der Waals surface area contributed by atoms with Gasteiger partial charge in [0.1, 0.15) is 11.3 Å². The maximum atomic E-state index is 11.3. The van der Waals surface area contributed by atoms with Gasteiger partial charge in [0, 0.05) is 11.1 Å². The van der Waals surface area contributed by atoms with Crippen molar-refractivity contribution in [3.63, 3.8) is 0 Å². The Hall–Kier alpha value is -3.14. The van der Waals surface area contributed by atoms with E-state index in [4.69, 9.17) is 20.8 Å². The minimum atomic E-state index is -0.580. The summed E-state index contributed by atoms with van der Waals surface area (Å²) in [7, 11) is 0. The van der Waals surface area contributed by atoms with Crippen LogP contribution in [-0.4, -0.2) is 16.2 Å². The third-order valence-corrected chi connectivity index (χ3v) is 3.83. The minimum absolute atomic E-state index is 0.00565. The predicted molar refractivity (Wildman–Crippen MR) is 88.3 cm³/mol. The Bertz CT molecular complexity index is 1070. The van der Waals surface area contributed by atoms with E-state index in [0.717, 1.165) is 5.56 Å². The maximum Gasteiger partial charge on any atom is 0.252 e. The summed E-state index contributed by atoms with van der Waals surface area (Å²) in [5.41, 5.74) is 2.43. The van der Waals surface area contributed by atoms with Crippen LogP contribution in [-0.2, 0) is 4.79 Å². The van der Waals surface area contributed by atoms with Gasteiger partial charge in [-0.05, 0) is 41.9 Å². The first-order valence-electron chi connectivity index (χ1n) is 7.00. The molecule has 0 bridgehead atoms. The van der Waals surface area contributed by atoms with E-state index in [0.29, 0.717) is 28.0 Å². The molecule has 0 radical (unpaired) electrons. The molecule has 2 heterocycles. The molecular formula is C18H8ClNO4. The molecule has 0 saturated heterocycles. The quantitative estimate of drug-likeness (QED) is 0.524. The molecule has 0 spiro atoms. The van der Waals surface area contributed by atoms with E-state index in [2.05, 4.69) is 4.98 Å². The van der Waals surface area contributed by atoms with Gasteiger partial charge >= 0.3 is 0 Å². The summed E-state index contributed by atoms with van der Waals surface area (Å²) in [6.45, 7) is 0. The molecule has 6 heteroatoms. The number of aromatic nitrogens is 1. The average Bonchev–Trinajstić information content (AvgIpc) is 3.03. The second-order valence-corrected chi connectivity index (χ2v) is 5.45. The number of hydrogen-bond acceptors (Lipinski definition) is 5. The molecule has 0 saturated carbocycles. The summed E-state index contributed by atoms with van der Waals surface area (Å²) in [6, 6.07) is 11.9. The molecule has 116 valence electrons. The van der Waals surface area contributed by atoms with Crippen molar-refractivity contribution in [1.29, 1.82) is 0 Å². The molecule has 1 aliphatic heterocycles. The number of halogens is 1. The van der Waals surface area contributed by atoms with Crippen LogP contribution < -0.4 is 4.74 Å². The van der Waals surface area contributed by atoms with E-state index in [1.165, 1.54) is 6.07 Å². The molecule has 2 aromatic carbocycles. The fraction of sp³-hybridized carbons (Fsp3) is 0. The van der Waals surface area contributed by atoms with Crippen LogP contribution in [0.25, 0.3) is 22.7 Å². The molecule has 3 aromatic rings. The largest absolute Gasteiger partial charge is 0.444 e. The number of nitrogens with zero attached hydrogens (tertiary/aromatic N) is 1. The van der Waals surface area contributed by atoms with Crippen molar-refractivity contribution in [2.75, 3.05) is 0 Å². The van der Waals surface area contributed by atoms with Gasteiger partial charge < -0.3 is 9.15 Å². The third-order valence-electron chi connectivity index (χ3n) is 3.61. The number of carbonyl (C=O) groups is 1. The highest BCUT2D eigenvalue weighted by Crippen LogP contribution is 2.36. The molecule has 5 nitrogen and oxygen atoms in total. The van der Waals surface area contributed by atoms with Gasteiger partial charge in [-0.2, -0.15) is 0 Å². The second-order valence-electron chi connectivity index (χ2n) is 5.10. The first-order chi connectivity index (χ1) is 11.7. The Kier molecular flexibility index (Phi) is 3.31. The van der Waals surface area contributed by atoms with Gasteiger partial charge in [0.05, 0.1) is 5.57 Å². The lowest BCUT2D eigenvalue weighted by Gasteiger charge is -2.15. The van der Waals surface area contributed by atoms with Crippen molar-refractivity contribution in [1.82, 2.24) is 4.98 Å². The molecule has 24 heavy (non-hydrogen) atoms. The van der Waals surface area contributed by atoms with Crippen molar-refractivity contribution in [2.45, 2.75) is 0 Å². The highest BCUT2D eigenvalue weighted by atomic mass is 35.5. The van der Waals surface area contributed by atoms with Crippen LogP contribution in [0.1, 0.15) is 21.8 Å². The zero-order valence-corrected chi connectivity index (χ0v) is 12.8. The van der Waals surface area contributed by atoms with Gasteiger partial charge in [-0.15, -0.1) is 0 Å². The topological polar surface area (TPSA) is 69.4 Å². The number of carbonyl (C=O) groups excluding carboxylic acids is 2. The minimum Gasteiger partial charge on any atom is -0.444 e. The molecule has 0 atom stereocenters. The molecular weight excluding hydrogens is 330 g/mol. The fourth-order valence-electron chi connectivity index (χ4n) is 2.48.